The van der Waals surface area contributed by atoms with Crippen molar-refractivity contribution >= 4 is 11.8 Å². The van der Waals surface area contributed by atoms with Gasteiger partial charge in [-0.15, -0.1) is 0 Å². The zero-order valence-electron chi connectivity index (χ0n) is 11.8. The minimum Gasteiger partial charge on any atom is -0.305 e. The van der Waals surface area contributed by atoms with Crippen molar-refractivity contribution in [2.24, 2.45) is 11.3 Å². The van der Waals surface area contributed by atoms with Gasteiger partial charge in [-0.25, -0.2) is 0 Å². The molecule has 1 aliphatic carbocycles. The van der Waals surface area contributed by atoms with E-state index in [1.54, 1.807) is 0 Å². The third-order valence-corrected chi connectivity index (χ3v) is 4.46. The number of rotatable bonds is 5. The Morgan fingerprint density at radius 3 is 2.44 bits per heavy atom. The molecule has 0 aromatic heterocycles. The lowest BCUT2D eigenvalue weighted by Crippen LogP contribution is -2.44. The van der Waals surface area contributed by atoms with E-state index in [1.165, 1.54) is 4.90 Å². The van der Waals surface area contributed by atoms with Gasteiger partial charge in [0.1, 0.15) is 0 Å². The summed E-state index contributed by atoms with van der Waals surface area (Å²) in [5.74, 6) is 0.529. The van der Waals surface area contributed by atoms with Gasteiger partial charge in [0.05, 0.1) is 12.5 Å². The van der Waals surface area contributed by atoms with Crippen LogP contribution < -0.4 is 5.32 Å². The van der Waals surface area contributed by atoms with Crippen LogP contribution in [-0.2, 0) is 9.59 Å². The average molecular weight is 252 g/mol. The Hall–Kier alpha value is -0.900. The van der Waals surface area contributed by atoms with E-state index in [0.717, 1.165) is 19.4 Å². The van der Waals surface area contributed by atoms with E-state index in [0.29, 0.717) is 12.3 Å². The van der Waals surface area contributed by atoms with Crippen LogP contribution in [0.4, 0.5) is 0 Å². The van der Waals surface area contributed by atoms with Crippen molar-refractivity contribution < 1.29 is 9.59 Å². The van der Waals surface area contributed by atoms with Gasteiger partial charge in [0.2, 0.25) is 11.8 Å². The number of nitrogens with one attached hydrogen (secondary N) is 1. The first-order valence-corrected chi connectivity index (χ1v) is 6.92. The summed E-state index contributed by atoms with van der Waals surface area (Å²) in [5.41, 5.74) is 0.135. The first-order chi connectivity index (χ1) is 8.33. The maximum atomic E-state index is 12.1. The molecule has 102 valence electrons. The predicted molar refractivity (Wildman–Crippen MR) is 69.9 cm³/mol. The highest BCUT2D eigenvalue weighted by Gasteiger charge is 2.46. The molecule has 18 heavy (non-hydrogen) atoms. The first kappa shape index (κ1) is 13.5. The summed E-state index contributed by atoms with van der Waals surface area (Å²) in [6.07, 6.45) is 2.31. The monoisotopic (exact) mass is 252 g/mol. The molecule has 1 saturated heterocycles. The van der Waals surface area contributed by atoms with Crippen molar-refractivity contribution in [3.63, 3.8) is 0 Å². The number of hydrogen-bond acceptors (Lipinski definition) is 3. The summed E-state index contributed by atoms with van der Waals surface area (Å²) in [4.78, 5) is 25.4. The van der Waals surface area contributed by atoms with Gasteiger partial charge in [-0.2, -0.15) is 0 Å². The second-order valence-corrected chi connectivity index (χ2v) is 6.61. The number of nitrogens with zero attached hydrogens (tertiary/aromatic N) is 1. The lowest BCUT2D eigenvalue weighted by Gasteiger charge is -2.30. The van der Waals surface area contributed by atoms with Crippen LogP contribution in [0.5, 0.6) is 0 Å². The number of likely N-dealkylation sites (tertiary alicyclic amines) is 1. The minimum absolute atomic E-state index is 0.00218. The van der Waals surface area contributed by atoms with Crippen molar-refractivity contribution in [2.75, 3.05) is 6.54 Å². The average Bonchev–Trinajstić information content (AvgIpc) is 3.04. The fourth-order valence-corrected chi connectivity index (χ4v) is 2.12. The Kier molecular flexibility index (Phi) is 3.49. The highest BCUT2D eigenvalue weighted by Crippen LogP contribution is 2.32. The SMILES string of the molecule is CC(C)C(C)(C)CNC1CC(=O)N(C2CC2)C1=O. The van der Waals surface area contributed by atoms with Crippen molar-refractivity contribution in [3.8, 4) is 0 Å². The van der Waals surface area contributed by atoms with Gasteiger partial charge in [0.25, 0.3) is 0 Å². The molecule has 2 aliphatic rings. The molecule has 2 fully saturated rings. The van der Waals surface area contributed by atoms with E-state index in [9.17, 15) is 9.59 Å². The van der Waals surface area contributed by atoms with E-state index in [-0.39, 0.29) is 29.3 Å². The summed E-state index contributed by atoms with van der Waals surface area (Å²) in [6.45, 7) is 9.50. The molecule has 1 saturated carbocycles. The smallest absolute Gasteiger partial charge is 0.247 e. The van der Waals surface area contributed by atoms with Crippen LogP contribution in [0.3, 0.4) is 0 Å². The van der Waals surface area contributed by atoms with Crippen LogP contribution in [0.1, 0.15) is 47.0 Å². The number of carbonyl (C=O) groups is 2. The van der Waals surface area contributed by atoms with Gasteiger partial charge in [-0.3, -0.25) is 14.5 Å². The lowest BCUT2D eigenvalue weighted by atomic mass is 9.81. The van der Waals surface area contributed by atoms with Crippen LogP contribution in [0.15, 0.2) is 0 Å². The Morgan fingerprint density at radius 2 is 1.94 bits per heavy atom. The second-order valence-electron chi connectivity index (χ2n) is 6.61. The highest BCUT2D eigenvalue weighted by molar-refractivity contribution is 6.06. The van der Waals surface area contributed by atoms with Crippen molar-refractivity contribution in [1.29, 1.82) is 0 Å². The quantitative estimate of drug-likeness (QED) is 0.755. The topological polar surface area (TPSA) is 49.4 Å². The fourth-order valence-electron chi connectivity index (χ4n) is 2.12. The molecular formula is C14H24N2O2. The summed E-state index contributed by atoms with van der Waals surface area (Å²) < 4.78 is 0. The Balaban J connectivity index is 1.91. The Bertz CT molecular complexity index is 359. The molecule has 1 heterocycles. The summed E-state index contributed by atoms with van der Waals surface area (Å²) >= 11 is 0. The van der Waals surface area contributed by atoms with Crippen molar-refractivity contribution in [1.82, 2.24) is 10.2 Å². The largest absolute Gasteiger partial charge is 0.305 e. The fraction of sp³-hybridized carbons (Fsp3) is 0.857. The van der Waals surface area contributed by atoms with Crippen LogP contribution in [0.2, 0.25) is 0 Å². The first-order valence-electron chi connectivity index (χ1n) is 6.92. The molecular weight excluding hydrogens is 228 g/mol. The second kappa shape index (κ2) is 4.65. The van der Waals surface area contributed by atoms with Crippen LogP contribution >= 0.6 is 0 Å². The molecule has 2 rings (SSSR count). The normalized spacial score (nSPS) is 25.4. The van der Waals surface area contributed by atoms with Gasteiger partial charge in [-0.05, 0) is 24.2 Å². The molecule has 0 aromatic rings. The number of carbonyl (C=O) groups excluding carboxylic acids is 2. The number of imide groups is 1. The van der Waals surface area contributed by atoms with Crippen molar-refractivity contribution in [3.05, 3.63) is 0 Å². The number of hydrogen-bond donors (Lipinski definition) is 1. The summed E-state index contributed by atoms with van der Waals surface area (Å²) in [5, 5.41) is 3.28. The maximum Gasteiger partial charge on any atom is 0.247 e. The predicted octanol–water partition coefficient (Wildman–Crippen LogP) is 1.55. The summed E-state index contributed by atoms with van der Waals surface area (Å²) in [7, 11) is 0. The minimum atomic E-state index is -0.295. The van der Waals surface area contributed by atoms with Crippen LogP contribution in [0.25, 0.3) is 0 Å². The Labute approximate surface area is 109 Å². The third-order valence-electron chi connectivity index (χ3n) is 4.46. The van der Waals surface area contributed by atoms with Gasteiger partial charge in [0.15, 0.2) is 0 Å². The van der Waals surface area contributed by atoms with Crippen LogP contribution in [-0.4, -0.2) is 35.3 Å². The molecule has 1 atom stereocenters. The molecule has 0 bridgehead atoms. The number of amides is 2. The van der Waals surface area contributed by atoms with Gasteiger partial charge in [-0.1, -0.05) is 27.7 Å². The summed E-state index contributed by atoms with van der Waals surface area (Å²) in [6, 6.07) is -0.0916. The molecule has 4 nitrogen and oxygen atoms in total. The molecule has 1 unspecified atom stereocenters. The standard InChI is InChI=1S/C14H24N2O2/c1-9(2)14(3,4)8-15-11-7-12(17)16(13(11)18)10-5-6-10/h9-11,15H,5-8H2,1-4H3. The highest BCUT2D eigenvalue weighted by atomic mass is 16.2. The van der Waals surface area contributed by atoms with Crippen LogP contribution in [0, 0.1) is 11.3 Å². The Morgan fingerprint density at radius 1 is 1.33 bits per heavy atom. The van der Waals surface area contributed by atoms with Gasteiger partial charge in [0, 0.05) is 12.6 Å². The zero-order valence-corrected chi connectivity index (χ0v) is 11.8. The van der Waals surface area contributed by atoms with E-state index in [4.69, 9.17) is 0 Å². The van der Waals surface area contributed by atoms with E-state index in [1.807, 2.05) is 0 Å². The molecule has 2 amide bonds. The molecule has 1 aliphatic heterocycles. The molecule has 0 aromatic carbocycles. The molecule has 1 N–H and O–H groups in total. The molecule has 0 radical (unpaired) electrons. The molecule has 4 heteroatoms. The van der Waals surface area contributed by atoms with Gasteiger partial charge >= 0.3 is 0 Å². The van der Waals surface area contributed by atoms with E-state index >= 15 is 0 Å². The molecule has 0 spiro atoms. The third kappa shape index (κ3) is 2.58. The van der Waals surface area contributed by atoms with Crippen molar-refractivity contribution in [2.45, 2.75) is 59.0 Å². The van der Waals surface area contributed by atoms with Gasteiger partial charge < -0.3 is 5.32 Å². The lowest BCUT2D eigenvalue weighted by molar-refractivity contribution is -0.139. The zero-order chi connectivity index (χ0) is 13.5. The van der Waals surface area contributed by atoms with E-state index in [2.05, 4.69) is 33.0 Å². The maximum absolute atomic E-state index is 12.1. The van der Waals surface area contributed by atoms with E-state index < -0.39 is 0 Å².